The van der Waals surface area contributed by atoms with Crippen molar-refractivity contribution in [3.63, 3.8) is 0 Å². The molecule has 1 saturated heterocycles. The lowest BCUT2D eigenvalue weighted by Crippen LogP contribution is -2.37. The highest BCUT2D eigenvalue weighted by atomic mass is 16.5. The summed E-state index contributed by atoms with van der Waals surface area (Å²) in [6.07, 6.45) is 5.59. The third kappa shape index (κ3) is 3.69. The molecule has 8 nitrogen and oxygen atoms in total. The number of ether oxygens (including phenoxy) is 2. The van der Waals surface area contributed by atoms with E-state index in [1.807, 2.05) is 30.3 Å². The Kier molecular flexibility index (Phi) is 4.98. The number of hydrogen-bond donors (Lipinski definition) is 2. The maximum absolute atomic E-state index is 6.03. The summed E-state index contributed by atoms with van der Waals surface area (Å²) in [4.78, 5) is 13.5. The van der Waals surface area contributed by atoms with Crippen LogP contribution in [0.2, 0.25) is 0 Å². The standard InChI is InChI=1S/C22H22N6O2/c1-29-20-6-2-5-17(25-20)14-7-8-18-16(10-14)22(28-27-18)19-12-24-13-21(26-19)30-15-4-3-9-23-11-15/h2,5-8,10,12-13,15,23H,3-4,9,11H2,1H3,(H,27,28). The van der Waals surface area contributed by atoms with Gasteiger partial charge in [-0.25, -0.2) is 9.97 Å². The molecular formula is C22H22N6O2. The molecule has 1 unspecified atom stereocenters. The molecule has 2 N–H and O–H groups in total. The lowest BCUT2D eigenvalue weighted by molar-refractivity contribution is 0.160. The second-order valence-corrected chi connectivity index (χ2v) is 7.23. The molecular weight excluding hydrogens is 380 g/mol. The third-order valence-electron chi connectivity index (χ3n) is 5.19. The van der Waals surface area contributed by atoms with Crippen LogP contribution in [-0.2, 0) is 0 Å². The second-order valence-electron chi connectivity index (χ2n) is 7.23. The number of pyridine rings is 1. The van der Waals surface area contributed by atoms with Crippen LogP contribution in [0.4, 0.5) is 0 Å². The second kappa shape index (κ2) is 8.08. The quantitative estimate of drug-likeness (QED) is 0.529. The smallest absolute Gasteiger partial charge is 0.233 e. The fraction of sp³-hybridized carbons (Fsp3) is 0.273. The van der Waals surface area contributed by atoms with Gasteiger partial charge in [-0.05, 0) is 37.6 Å². The van der Waals surface area contributed by atoms with Gasteiger partial charge in [0.15, 0.2) is 0 Å². The predicted octanol–water partition coefficient (Wildman–Crippen LogP) is 3.22. The Morgan fingerprint density at radius 1 is 1.03 bits per heavy atom. The zero-order valence-corrected chi connectivity index (χ0v) is 16.6. The molecule has 0 saturated carbocycles. The van der Waals surface area contributed by atoms with Crippen molar-refractivity contribution >= 4 is 10.9 Å². The van der Waals surface area contributed by atoms with Gasteiger partial charge in [-0.3, -0.25) is 10.1 Å². The van der Waals surface area contributed by atoms with Gasteiger partial charge in [0, 0.05) is 23.6 Å². The summed E-state index contributed by atoms with van der Waals surface area (Å²) in [5, 5.41) is 11.8. The molecule has 4 heterocycles. The number of rotatable bonds is 5. The number of fused-ring (bicyclic) bond motifs is 1. The summed E-state index contributed by atoms with van der Waals surface area (Å²) < 4.78 is 11.3. The first kappa shape index (κ1) is 18.5. The molecule has 4 aromatic rings. The number of benzene rings is 1. The van der Waals surface area contributed by atoms with Crippen LogP contribution in [0.3, 0.4) is 0 Å². The summed E-state index contributed by atoms with van der Waals surface area (Å²) >= 11 is 0. The van der Waals surface area contributed by atoms with Crippen LogP contribution in [0.15, 0.2) is 48.8 Å². The molecule has 8 heteroatoms. The van der Waals surface area contributed by atoms with E-state index in [-0.39, 0.29) is 6.10 Å². The van der Waals surface area contributed by atoms with Crippen molar-refractivity contribution in [1.82, 2.24) is 30.5 Å². The van der Waals surface area contributed by atoms with E-state index >= 15 is 0 Å². The van der Waals surface area contributed by atoms with Gasteiger partial charge in [0.2, 0.25) is 11.8 Å². The van der Waals surface area contributed by atoms with E-state index in [1.54, 1.807) is 19.5 Å². The SMILES string of the molecule is COc1cccc(-c2ccc3[nH]nc(-c4cncc(OC5CCCNC5)n4)c3c2)n1. The van der Waals surface area contributed by atoms with Gasteiger partial charge >= 0.3 is 0 Å². The third-order valence-corrected chi connectivity index (χ3v) is 5.19. The van der Waals surface area contributed by atoms with Gasteiger partial charge in [-0.1, -0.05) is 12.1 Å². The number of H-pyrrole nitrogens is 1. The minimum Gasteiger partial charge on any atom is -0.481 e. The Bertz CT molecular complexity index is 1170. The first-order valence-electron chi connectivity index (χ1n) is 9.99. The van der Waals surface area contributed by atoms with Crippen LogP contribution in [-0.4, -0.2) is 51.5 Å². The van der Waals surface area contributed by atoms with Gasteiger partial charge in [0.25, 0.3) is 0 Å². The van der Waals surface area contributed by atoms with Crippen molar-refractivity contribution in [2.45, 2.75) is 18.9 Å². The number of nitrogens with zero attached hydrogens (tertiary/aromatic N) is 4. The Labute approximate surface area is 173 Å². The van der Waals surface area contributed by atoms with Crippen LogP contribution in [0.1, 0.15) is 12.8 Å². The van der Waals surface area contributed by atoms with Crippen molar-refractivity contribution < 1.29 is 9.47 Å². The van der Waals surface area contributed by atoms with E-state index in [9.17, 15) is 0 Å². The van der Waals surface area contributed by atoms with Crippen molar-refractivity contribution in [1.29, 1.82) is 0 Å². The zero-order chi connectivity index (χ0) is 20.3. The highest BCUT2D eigenvalue weighted by molar-refractivity contribution is 5.94. The molecule has 152 valence electrons. The van der Waals surface area contributed by atoms with E-state index in [4.69, 9.17) is 9.47 Å². The number of nitrogens with one attached hydrogen (secondary N) is 2. The minimum absolute atomic E-state index is 0.116. The van der Waals surface area contributed by atoms with Crippen LogP contribution in [0.5, 0.6) is 11.8 Å². The molecule has 1 atom stereocenters. The van der Waals surface area contributed by atoms with E-state index in [0.29, 0.717) is 17.5 Å². The Morgan fingerprint density at radius 3 is 2.83 bits per heavy atom. The lowest BCUT2D eigenvalue weighted by Gasteiger charge is -2.23. The van der Waals surface area contributed by atoms with Gasteiger partial charge < -0.3 is 14.8 Å². The molecule has 1 aliphatic heterocycles. The van der Waals surface area contributed by atoms with Crippen molar-refractivity contribution in [3.05, 3.63) is 48.8 Å². The number of hydrogen-bond acceptors (Lipinski definition) is 7. The average Bonchev–Trinajstić information content (AvgIpc) is 3.23. The zero-order valence-electron chi connectivity index (χ0n) is 16.6. The van der Waals surface area contributed by atoms with Gasteiger partial charge in [-0.2, -0.15) is 5.10 Å². The summed E-state index contributed by atoms with van der Waals surface area (Å²) in [5.74, 6) is 1.09. The summed E-state index contributed by atoms with van der Waals surface area (Å²) in [6, 6.07) is 11.8. The van der Waals surface area contributed by atoms with E-state index in [0.717, 1.165) is 53.8 Å². The lowest BCUT2D eigenvalue weighted by atomic mass is 10.1. The highest BCUT2D eigenvalue weighted by Gasteiger charge is 2.17. The monoisotopic (exact) mass is 402 g/mol. The normalized spacial score (nSPS) is 16.5. The van der Waals surface area contributed by atoms with E-state index in [1.165, 1.54) is 0 Å². The molecule has 1 fully saturated rings. The Balaban J connectivity index is 1.49. The largest absolute Gasteiger partial charge is 0.481 e. The van der Waals surface area contributed by atoms with Crippen LogP contribution < -0.4 is 14.8 Å². The maximum Gasteiger partial charge on any atom is 0.233 e. The minimum atomic E-state index is 0.116. The van der Waals surface area contributed by atoms with Gasteiger partial charge in [-0.15, -0.1) is 0 Å². The fourth-order valence-electron chi connectivity index (χ4n) is 3.67. The average molecular weight is 402 g/mol. The number of aromatic nitrogens is 5. The molecule has 0 aliphatic carbocycles. The van der Waals surface area contributed by atoms with Crippen LogP contribution in [0, 0.1) is 0 Å². The van der Waals surface area contributed by atoms with Gasteiger partial charge in [0.1, 0.15) is 17.5 Å². The molecule has 0 amide bonds. The van der Waals surface area contributed by atoms with E-state index < -0.39 is 0 Å². The molecule has 0 radical (unpaired) electrons. The summed E-state index contributed by atoms with van der Waals surface area (Å²) in [5.41, 5.74) is 4.11. The number of aromatic amines is 1. The first-order chi connectivity index (χ1) is 14.8. The summed E-state index contributed by atoms with van der Waals surface area (Å²) in [7, 11) is 1.61. The number of methoxy groups -OCH3 is 1. The maximum atomic E-state index is 6.03. The Morgan fingerprint density at radius 2 is 1.97 bits per heavy atom. The molecule has 0 spiro atoms. The first-order valence-corrected chi connectivity index (χ1v) is 9.99. The number of piperidine rings is 1. The molecule has 30 heavy (non-hydrogen) atoms. The molecule has 3 aromatic heterocycles. The molecule has 0 bridgehead atoms. The molecule has 1 aliphatic rings. The van der Waals surface area contributed by atoms with E-state index in [2.05, 4.69) is 36.5 Å². The predicted molar refractivity (Wildman–Crippen MR) is 113 cm³/mol. The Hall–Kier alpha value is -3.52. The van der Waals surface area contributed by atoms with Crippen molar-refractivity contribution in [2.24, 2.45) is 0 Å². The topological polar surface area (TPSA) is 97.8 Å². The van der Waals surface area contributed by atoms with Crippen molar-refractivity contribution in [3.8, 4) is 34.4 Å². The van der Waals surface area contributed by atoms with Crippen molar-refractivity contribution in [2.75, 3.05) is 20.2 Å². The fourth-order valence-corrected chi connectivity index (χ4v) is 3.67. The van der Waals surface area contributed by atoms with Gasteiger partial charge in [0.05, 0.1) is 30.7 Å². The summed E-state index contributed by atoms with van der Waals surface area (Å²) in [6.45, 7) is 1.86. The van der Waals surface area contributed by atoms with Crippen LogP contribution in [0.25, 0.3) is 33.5 Å². The van der Waals surface area contributed by atoms with Crippen LogP contribution >= 0.6 is 0 Å². The highest BCUT2D eigenvalue weighted by Crippen LogP contribution is 2.30. The molecule has 5 rings (SSSR count). The molecule has 1 aromatic carbocycles.